The minimum absolute atomic E-state index is 0.699. The van der Waals surface area contributed by atoms with E-state index in [1.807, 2.05) is 12.1 Å². The van der Waals surface area contributed by atoms with Gasteiger partial charge in [-0.05, 0) is 36.6 Å². The normalized spacial score (nSPS) is 16.6. The van der Waals surface area contributed by atoms with E-state index in [1.165, 1.54) is 32.1 Å². The molecule has 1 aromatic carbocycles. The minimum Gasteiger partial charge on any atom is -0.313 e. The molecule has 94 valence electrons. The first-order valence-corrected chi connectivity index (χ1v) is 7.16. The molecule has 1 fully saturated rings. The molecule has 0 aliphatic heterocycles. The maximum atomic E-state index is 6.11. The summed E-state index contributed by atoms with van der Waals surface area (Å²) in [6.07, 6.45) is 6.99. The molecule has 0 spiro atoms. The van der Waals surface area contributed by atoms with Gasteiger partial charge in [-0.3, -0.25) is 0 Å². The number of rotatable bonds is 5. The highest BCUT2D eigenvalue weighted by Crippen LogP contribution is 2.27. The highest BCUT2D eigenvalue weighted by Gasteiger charge is 2.13. The van der Waals surface area contributed by atoms with Gasteiger partial charge in [0.15, 0.2) is 0 Å². The van der Waals surface area contributed by atoms with Gasteiger partial charge in [0.2, 0.25) is 0 Å². The molecule has 0 aromatic heterocycles. The van der Waals surface area contributed by atoms with E-state index >= 15 is 0 Å². The Bertz CT molecular complexity index is 359. The molecule has 0 unspecified atom stereocenters. The highest BCUT2D eigenvalue weighted by atomic mass is 35.5. The first-order valence-electron chi connectivity index (χ1n) is 6.40. The Morgan fingerprint density at radius 3 is 2.65 bits per heavy atom. The van der Waals surface area contributed by atoms with Crippen LogP contribution < -0.4 is 5.32 Å². The van der Waals surface area contributed by atoms with Gasteiger partial charge in [-0.1, -0.05) is 55.0 Å². The number of nitrogens with one attached hydrogen (secondary N) is 1. The minimum atomic E-state index is 0.699. The zero-order valence-electron chi connectivity index (χ0n) is 10.0. The van der Waals surface area contributed by atoms with Crippen molar-refractivity contribution >= 4 is 23.2 Å². The molecule has 3 heteroatoms. The van der Waals surface area contributed by atoms with Crippen LogP contribution in [0.4, 0.5) is 0 Å². The molecule has 1 aromatic rings. The zero-order chi connectivity index (χ0) is 12.1. The molecule has 0 bridgehead atoms. The van der Waals surface area contributed by atoms with Crippen molar-refractivity contribution < 1.29 is 0 Å². The van der Waals surface area contributed by atoms with E-state index < -0.39 is 0 Å². The van der Waals surface area contributed by atoms with E-state index in [0.717, 1.165) is 29.6 Å². The van der Waals surface area contributed by atoms with Crippen LogP contribution in [0.3, 0.4) is 0 Å². The van der Waals surface area contributed by atoms with Crippen LogP contribution in [0.25, 0.3) is 0 Å². The molecule has 2 rings (SSSR count). The third kappa shape index (κ3) is 4.17. The first-order chi connectivity index (χ1) is 8.25. The molecule has 0 atom stereocenters. The van der Waals surface area contributed by atoms with Crippen LogP contribution in [0.1, 0.15) is 37.7 Å². The number of hydrogen-bond acceptors (Lipinski definition) is 1. The van der Waals surface area contributed by atoms with E-state index in [0.29, 0.717) is 5.02 Å². The third-order valence-electron chi connectivity index (χ3n) is 3.53. The standard InChI is InChI=1S/C14H19Cl2N/c15-13-6-5-12(14(16)9-13)10-17-8-7-11-3-1-2-4-11/h5-6,9,11,17H,1-4,7-8,10H2. The summed E-state index contributed by atoms with van der Waals surface area (Å²) in [6, 6.07) is 5.69. The average molecular weight is 272 g/mol. The summed E-state index contributed by atoms with van der Waals surface area (Å²) in [5.41, 5.74) is 1.13. The fourth-order valence-electron chi connectivity index (χ4n) is 2.49. The van der Waals surface area contributed by atoms with Gasteiger partial charge in [-0.25, -0.2) is 0 Å². The summed E-state index contributed by atoms with van der Waals surface area (Å²) in [5.74, 6) is 0.947. The molecule has 0 radical (unpaired) electrons. The van der Waals surface area contributed by atoms with Gasteiger partial charge in [0, 0.05) is 16.6 Å². The Morgan fingerprint density at radius 2 is 1.94 bits per heavy atom. The summed E-state index contributed by atoms with van der Waals surface area (Å²) in [7, 11) is 0. The van der Waals surface area contributed by atoms with Gasteiger partial charge in [-0.15, -0.1) is 0 Å². The highest BCUT2D eigenvalue weighted by molar-refractivity contribution is 6.35. The Morgan fingerprint density at radius 1 is 1.18 bits per heavy atom. The average Bonchev–Trinajstić information content (AvgIpc) is 2.79. The van der Waals surface area contributed by atoms with Crippen molar-refractivity contribution in [3.05, 3.63) is 33.8 Å². The molecule has 1 aliphatic carbocycles. The lowest BCUT2D eigenvalue weighted by molar-refractivity contribution is 0.477. The van der Waals surface area contributed by atoms with Crippen molar-refractivity contribution in [3.63, 3.8) is 0 Å². The predicted molar refractivity (Wildman–Crippen MR) is 74.7 cm³/mol. The van der Waals surface area contributed by atoms with E-state index in [2.05, 4.69) is 5.32 Å². The molecule has 17 heavy (non-hydrogen) atoms. The van der Waals surface area contributed by atoms with Gasteiger partial charge in [0.1, 0.15) is 0 Å². The molecule has 1 saturated carbocycles. The molecule has 1 nitrogen and oxygen atoms in total. The number of hydrogen-bond donors (Lipinski definition) is 1. The van der Waals surface area contributed by atoms with Gasteiger partial charge < -0.3 is 5.32 Å². The number of benzene rings is 1. The lowest BCUT2D eigenvalue weighted by Crippen LogP contribution is -2.17. The van der Waals surface area contributed by atoms with Crippen molar-refractivity contribution in [1.29, 1.82) is 0 Å². The Labute approximate surface area is 114 Å². The molecule has 0 heterocycles. The summed E-state index contributed by atoms with van der Waals surface area (Å²) >= 11 is 12.0. The van der Waals surface area contributed by atoms with Gasteiger partial charge in [-0.2, -0.15) is 0 Å². The lowest BCUT2D eigenvalue weighted by atomic mass is 10.0. The van der Waals surface area contributed by atoms with Crippen molar-refractivity contribution in [3.8, 4) is 0 Å². The van der Waals surface area contributed by atoms with Gasteiger partial charge in [0.05, 0.1) is 0 Å². The van der Waals surface area contributed by atoms with E-state index in [9.17, 15) is 0 Å². The summed E-state index contributed by atoms with van der Waals surface area (Å²) < 4.78 is 0. The van der Waals surface area contributed by atoms with Crippen LogP contribution in [0, 0.1) is 5.92 Å². The fraction of sp³-hybridized carbons (Fsp3) is 0.571. The third-order valence-corrected chi connectivity index (χ3v) is 4.12. The van der Waals surface area contributed by atoms with Crippen LogP contribution in [-0.2, 0) is 6.54 Å². The van der Waals surface area contributed by atoms with Crippen LogP contribution >= 0.6 is 23.2 Å². The molecule has 1 aliphatic rings. The largest absolute Gasteiger partial charge is 0.313 e. The molecular weight excluding hydrogens is 253 g/mol. The van der Waals surface area contributed by atoms with Crippen LogP contribution in [0.5, 0.6) is 0 Å². The van der Waals surface area contributed by atoms with Gasteiger partial charge >= 0.3 is 0 Å². The van der Waals surface area contributed by atoms with Crippen molar-refractivity contribution in [2.75, 3.05) is 6.54 Å². The quantitative estimate of drug-likeness (QED) is 0.768. The van der Waals surface area contributed by atoms with Crippen LogP contribution in [-0.4, -0.2) is 6.54 Å². The van der Waals surface area contributed by atoms with Crippen LogP contribution in [0.15, 0.2) is 18.2 Å². The zero-order valence-corrected chi connectivity index (χ0v) is 11.5. The second-order valence-corrected chi connectivity index (χ2v) is 5.70. The molecule has 1 N–H and O–H groups in total. The second kappa shape index (κ2) is 6.63. The topological polar surface area (TPSA) is 12.0 Å². The maximum Gasteiger partial charge on any atom is 0.0465 e. The van der Waals surface area contributed by atoms with Crippen LogP contribution in [0.2, 0.25) is 10.0 Å². The fourth-order valence-corrected chi connectivity index (χ4v) is 2.97. The Balaban J connectivity index is 1.70. The monoisotopic (exact) mass is 271 g/mol. The maximum absolute atomic E-state index is 6.11. The molecule has 0 saturated heterocycles. The van der Waals surface area contributed by atoms with E-state index in [1.54, 1.807) is 6.07 Å². The second-order valence-electron chi connectivity index (χ2n) is 4.85. The van der Waals surface area contributed by atoms with Crippen molar-refractivity contribution in [1.82, 2.24) is 5.32 Å². The van der Waals surface area contributed by atoms with Gasteiger partial charge in [0.25, 0.3) is 0 Å². The molecular formula is C14H19Cl2N. The van der Waals surface area contributed by atoms with Crippen molar-refractivity contribution in [2.24, 2.45) is 5.92 Å². The smallest absolute Gasteiger partial charge is 0.0465 e. The SMILES string of the molecule is Clc1ccc(CNCCC2CCCC2)c(Cl)c1. The lowest BCUT2D eigenvalue weighted by Gasteiger charge is -2.10. The van der Waals surface area contributed by atoms with E-state index in [-0.39, 0.29) is 0 Å². The Kier molecular flexibility index (Phi) is 5.15. The molecule has 0 amide bonds. The predicted octanol–water partition coefficient (Wildman–Crippen LogP) is 4.66. The van der Waals surface area contributed by atoms with E-state index in [4.69, 9.17) is 23.2 Å². The summed E-state index contributed by atoms with van der Waals surface area (Å²) in [5, 5.41) is 4.92. The van der Waals surface area contributed by atoms with Crippen molar-refractivity contribution in [2.45, 2.75) is 38.6 Å². The summed E-state index contributed by atoms with van der Waals surface area (Å²) in [4.78, 5) is 0. The number of halogens is 2. The first kappa shape index (κ1) is 13.2. The Hall–Kier alpha value is -0.240. The summed E-state index contributed by atoms with van der Waals surface area (Å²) in [6.45, 7) is 1.92.